The summed E-state index contributed by atoms with van der Waals surface area (Å²) in [6, 6.07) is 6.93. The van der Waals surface area contributed by atoms with Crippen LogP contribution >= 0.6 is 0 Å². The summed E-state index contributed by atoms with van der Waals surface area (Å²) >= 11 is 0. The van der Waals surface area contributed by atoms with Gasteiger partial charge in [0, 0.05) is 12.1 Å². The van der Waals surface area contributed by atoms with E-state index < -0.39 is 5.60 Å². The third kappa shape index (κ3) is 3.01. The van der Waals surface area contributed by atoms with Crippen LogP contribution in [0.25, 0.3) is 0 Å². The minimum Gasteiger partial charge on any atom is -0.497 e. The van der Waals surface area contributed by atoms with Crippen LogP contribution in [0.1, 0.15) is 36.0 Å². The van der Waals surface area contributed by atoms with Gasteiger partial charge in [0.05, 0.1) is 12.7 Å². The quantitative estimate of drug-likeness (QED) is 0.854. The van der Waals surface area contributed by atoms with Crippen LogP contribution in [0.5, 0.6) is 5.75 Å². The molecule has 1 fully saturated rings. The second kappa shape index (κ2) is 5.40. The molecule has 0 saturated heterocycles. The predicted molar refractivity (Wildman–Crippen MR) is 68.7 cm³/mol. The summed E-state index contributed by atoms with van der Waals surface area (Å²) in [6.45, 7) is 0.331. The van der Waals surface area contributed by atoms with Gasteiger partial charge in [-0.25, -0.2) is 0 Å². The number of benzene rings is 1. The summed E-state index contributed by atoms with van der Waals surface area (Å²) in [4.78, 5) is 11.9. The fraction of sp³-hybridized carbons (Fsp3) is 0.500. The van der Waals surface area contributed by atoms with Gasteiger partial charge in [-0.1, -0.05) is 12.8 Å². The van der Waals surface area contributed by atoms with Gasteiger partial charge in [-0.2, -0.15) is 0 Å². The van der Waals surface area contributed by atoms with Crippen LogP contribution in [0.15, 0.2) is 24.3 Å². The van der Waals surface area contributed by atoms with Crippen molar-refractivity contribution in [2.45, 2.75) is 31.3 Å². The van der Waals surface area contributed by atoms with Crippen molar-refractivity contribution in [3.05, 3.63) is 29.8 Å². The molecule has 1 aliphatic carbocycles. The van der Waals surface area contributed by atoms with Gasteiger partial charge < -0.3 is 15.2 Å². The Hall–Kier alpha value is -1.55. The molecule has 18 heavy (non-hydrogen) atoms. The first-order valence-corrected chi connectivity index (χ1v) is 6.28. The highest BCUT2D eigenvalue weighted by atomic mass is 16.5. The molecule has 4 heteroatoms. The maximum atomic E-state index is 11.9. The summed E-state index contributed by atoms with van der Waals surface area (Å²) in [5, 5.41) is 12.9. The number of hydrogen-bond acceptors (Lipinski definition) is 3. The van der Waals surface area contributed by atoms with Crippen LogP contribution in [-0.2, 0) is 0 Å². The zero-order valence-electron chi connectivity index (χ0n) is 10.6. The van der Waals surface area contributed by atoms with Crippen LogP contribution in [0, 0.1) is 0 Å². The number of hydrogen-bond donors (Lipinski definition) is 2. The lowest BCUT2D eigenvalue weighted by molar-refractivity contribution is 0.0449. The highest BCUT2D eigenvalue weighted by Gasteiger charge is 2.31. The van der Waals surface area contributed by atoms with Crippen molar-refractivity contribution in [1.29, 1.82) is 0 Å². The van der Waals surface area contributed by atoms with E-state index in [1.807, 2.05) is 0 Å². The van der Waals surface area contributed by atoms with Gasteiger partial charge >= 0.3 is 0 Å². The van der Waals surface area contributed by atoms with Crippen molar-refractivity contribution in [1.82, 2.24) is 5.32 Å². The van der Waals surface area contributed by atoms with E-state index in [2.05, 4.69) is 5.32 Å². The highest BCUT2D eigenvalue weighted by molar-refractivity contribution is 5.94. The Morgan fingerprint density at radius 3 is 2.50 bits per heavy atom. The third-order valence-corrected chi connectivity index (χ3v) is 3.46. The van der Waals surface area contributed by atoms with Crippen LogP contribution in [-0.4, -0.2) is 30.3 Å². The standard InChI is InChI=1S/C14H19NO3/c1-18-12-6-4-11(5-7-12)13(16)15-10-14(17)8-2-3-9-14/h4-7,17H,2-3,8-10H2,1H3,(H,15,16). The minimum absolute atomic E-state index is 0.155. The molecule has 0 aliphatic heterocycles. The van der Waals surface area contributed by atoms with Gasteiger partial charge in [-0.3, -0.25) is 4.79 Å². The summed E-state index contributed by atoms with van der Waals surface area (Å²) < 4.78 is 5.03. The average molecular weight is 249 g/mol. The molecule has 4 nitrogen and oxygen atoms in total. The first kappa shape index (κ1) is 12.9. The molecular weight excluding hydrogens is 230 g/mol. The topological polar surface area (TPSA) is 58.6 Å². The lowest BCUT2D eigenvalue weighted by Gasteiger charge is -2.22. The van der Waals surface area contributed by atoms with E-state index in [1.165, 1.54) is 0 Å². The smallest absolute Gasteiger partial charge is 0.251 e. The first-order valence-electron chi connectivity index (χ1n) is 6.28. The fourth-order valence-corrected chi connectivity index (χ4v) is 2.30. The van der Waals surface area contributed by atoms with E-state index in [9.17, 15) is 9.90 Å². The Morgan fingerprint density at radius 1 is 1.33 bits per heavy atom. The molecule has 2 rings (SSSR count). The van der Waals surface area contributed by atoms with Crippen molar-refractivity contribution in [3.63, 3.8) is 0 Å². The van der Waals surface area contributed by atoms with Crippen molar-refractivity contribution in [2.75, 3.05) is 13.7 Å². The monoisotopic (exact) mass is 249 g/mol. The molecule has 0 spiro atoms. The lowest BCUT2D eigenvalue weighted by Crippen LogP contribution is -2.40. The number of carbonyl (C=O) groups excluding carboxylic acids is 1. The molecule has 2 N–H and O–H groups in total. The molecule has 1 aliphatic rings. The van der Waals surface area contributed by atoms with E-state index in [4.69, 9.17) is 4.74 Å². The second-order valence-corrected chi connectivity index (χ2v) is 4.84. The SMILES string of the molecule is COc1ccc(C(=O)NCC2(O)CCCC2)cc1. The third-order valence-electron chi connectivity index (χ3n) is 3.46. The summed E-state index contributed by atoms with van der Waals surface area (Å²) in [7, 11) is 1.59. The molecule has 0 radical (unpaired) electrons. The molecule has 0 atom stereocenters. The summed E-state index contributed by atoms with van der Waals surface area (Å²) in [6.07, 6.45) is 3.62. The van der Waals surface area contributed by atoms with E-state index in [0.717, 1.165) is 31.4 Å². The molecular formula is C14H19NO3. The van der Waals surface area contributed by atoms with Gasteiger partial charge in [0.25, 0.3) is 5.91 Å². The Kier molecular flexibility index (Phi) is 3.87. The van der Waals surface area contributed by atoms with Crippen LogP contribution < -0.4 is 10.1 Å². The minimum atomic E-state index is -0.706. The van der Waals surface area contributed by atoms with Crippen LogP contribution in [0.4, 0.5) is 0 Å². The average Bonchev–Trinajstić information content (AvgIpc) is 2.83. The number of aliphatic hydroxyl groups is 1. The maximum absolute atomic E-state index is 11.9. The lowest BCUT2D eigenvalue weighted by atomic mass is 10.0. The largest absolute Gasteiger partial charge is 0.497 e. The van der Waals surface area contributed by atoms with Crippen molar-refractivity contribution in [3.8, 4) is 5.75 Å². The first-order chi connectivity index (χ1) is 8.63. The van der Waals surface area contributed by atoms with Crippen molar-refractivity contribution in [2.24, 2.45) is 0 Å². The molecule has 1 amide bonds. The van der Waals surface area contributed by atoms with E-state index in [0.29, 0.717) is 12.1 Å². The maximum Gasteiger partial charge on any atom is 0.251 e. The van der Waals surface area contributed by atoms with Crippen LogP contribution in [0.2, 0.25) is 0 Å². The van der Waals surface area contributed by atoms with E-state index in [-0.39, 0.29) is 5.91 Å². The molecule has 0 aromatic heterocycles. The zero-order valence-corrected chi connectivity index (χ0v) is 10.6. The number of rotatable bonds is 4. The van der Waals surface area contributed by atoms with E-state index in [1.54, 1.807) is 31.4 Å². The Bertz CT molecular complexity index is 408. The van der Waals surface area contributed by atoms with Crippen molar-refractivity contribution < 1.29 is 14.6 Å². The summed E-state index contributed by atoms with van der Waals surface area (Å²) in [5.41, 5.74) is -0.125. The fourth-order valence-electron chi connectivity index (χ4n) is 2.30. The highest BCUT2D eigenvalue weighted by Crippen LogP contribution is 2.28. The number of carbonyl (C=O) groups is 1. The molecule has 1 aromatic rings. The van der Waals surface area contributed by atoms with Gasteiger partial charge in [0.2, 0.25) is 0 Å². The molecule has 0 bridgehead atoms. The second-order valence-electron chi connectivity index (χ2n) is 4.84. The predicted octanol–water partition coefficient (Wildman–Crippen LogP) is 1.73. The van der Waals surface area contributed by atoms with Crippen molar-refractivity contribution >= 4 is 5.91 Å². The molecule has 98 valence electrons. The molecule has 0 heterocycles. The Labute approximate surface area is 107 Å². The zero-order chi connectivity index (χ0) is 13.0. The normalized spacial score (nSPS) is 17.4. The molecule has 0 unspecified atom stereocenters. The van der Waals surface area contributed by atoms with Crippen LogP contribution in [0.3, 0.4) is 0 Å². The molecule has 1 saturated carbocycles. The Morgan fingerprint density at radius 2 is 1.94 bits per heavy atom. The summed E-state index contributed by atoms with van der Waals surface area (Å²) in [5.74, 6) is 0.568. The van der Waals surface area contributed by atoms with Gasteiger partial charge in [0.1, 0.15) is 5.75 Å². The number of methoxy groups -OCH3 is 1. The van der Waals surface area contributed by atoms with Gasteiger partial charge in [-0.15, -0.1) is 0 Å². The van der Waals surface area contributed by atoms with E-state index >= 15 is 0 Å². The van der Waals surface area contributed by atoms with Gasteiger partial charge in [-0.05, 0) is 37.1 Å². The number of nitrogens with one attached hydrogen (secondary N) is 1. The van der Waals surface area contributed by atoms with Gasteiger partial charge in [0.15, 0.2) is 0 Å². The Balaban J connectivity index is 1.90. The molecule has 1 aromatic carbocycles. The number of ether oxygens (including phenoxy) is 1. The number of amides is 1.